The van der Waals surface area contributed by atoms with E-state index >= 15 is 0 Å². The third-order valence-corrected chi connectivity index (χ3v) is 2.85. The predicted molar refractivity (Wildman–Crippen MR) is 59.0 cm³/mol. The van der Waals surface area contributed by atoms with Crippen LogP contribution < -0.4 is 0 Å². The second kappa shape index (κ2) is 4.99. The Balaban J connectivity index is 1.83. The third kappa shape index (κ3) is 5.30. The van der Waals surface area contributed by atoms with Crippen LogP contribution in [0.5, 0.6) is 0 Å². The Labute approximate surface area is 83.5 Å². The Morgan fingerprint density at radius 1 is 1.00 bits per heavy atom. The molecule has 0 saturated carbocycles. The number of likely N-dealkylation sites (tertiary alicyclic amines) is 1. The van der Waals surface area contributed by atoms with Crippen molar-refractivity contribution in [1.29, 1.82) is 0 Å². The van der Waals surface area contributed by atoms with Gasteiger partial charge in [-0.2, -0.15) is 0 Å². The van der Waals surface area contributed by atoms with E-state index in [1.54, 1.807) is 0 Å². The fraction of sp³-hybridized carbons (Fsp3) is 1.00. The molecule has 0 aliphatic carbocycles. The van der Waals surface area contributed by atoms with Crippen molar-refractivity contribution in [2.45, 2.75) is 52.9 Å². The molecule has 1 nitrogen and oxygen atoms in total. The molecule has 0 spiro atoms. The first-order valence-corrected chi connectivity index (χ1v) is 5.80. The standard InChI is InChI=1S/C12H25N/c1-12(2,3)8-5-4-6-9-13-10-7-11-13/h4-11H2,1-3H3. The van der Waals surface area contributed by atoms with Gasteiger partial charge in [0.25, 0.3) is 0 Å². The number of hydrogen-bond donors (Lipinski definition) is 0. The first-order valence-electron chi connectivity index (χ1n) is 5.80. The van der Waals surface area contributed by atoms with Gasteiger partial charge in [0.15, 0.2) is 0 Å². The van der Waals surface area contributed by atoms with Gasteiger partial charge in [-0.15, -0.1) is 0 Å². The first kappa shape index (κ1) is 11.0. The number of rotatable bonds is 5. The quantitative estimate of drug-likeness (QED) is 0.591. The molecule has 78 valence electrons. The lowest BCUT2D eigenvalue weighted by molar-refractivity contribution is 0.177. The summed E-state index contributed by atoms with van der Waals surface area (Å²) in [5, 5.41) is 0. The summed E-state index contributed by atoms with van der Waals surface area (Å²) in [7, 11) is 0. The van der Waals surface area contributed by atoms with Gasteiger partial charge in [-0.25, -0.2) is 0 Å². The van der Waals surface area contributed by atoms with Gasteiger partial charge in [-0.1, -0.05) is 33.6 Å². The summed E-state index contributed by atoms with van der Waals surface area (Å²) in [6.07, 6.45) is 7.07. The van der Waals surface area contributed by atoms with E-state index in [9.17, 15) is 0 Å². The second-order valence-electron chi connectivity index (χ2n) is 5.57. The zero-order chi connectivity index (χ0) is 9.73. The Morgan fingerprint density at radius 3 is 2.15 bits per heavy atom. The van der Waals surface area contributed by atoms with Crippen LogP contribution in [0.4, 0.5) is 0 Å². The van der Waals surface area contributed by atoms with Crippen molar-refractivity contribution >= 4 is 0 Å². The average molecular weight is 183 g/mol. The van der Waals surface area contributed by atoms with Crippen LogP contribution in [0, 0.1) is 5.41 Å². The minimum atomic E-state index is 0.538. The van der Waals surface area contributed by atoms with E-state index in [2.05, 4.69) is 25.7 Å². The normalized spacial score (nSPS) is 18.7. The molecule has 1 rings (SSSR count). The Kier molecular flexibility index (Phi) is 4.24. The van der Waals surface area contributed by atoms with Crippen LogP contribution >= 0.6 is 0 Å². The maximum absolute atomic E-state index is 2.57. The minimum absolute atomic E-state index is 0.538. The van der Waals surface area contributed by atoms with Crippen molar-refractivity contribution in [3.8, 4) is 0 Å². The van der Waals surface area contributed by atoms with Crippen molar-refractivity contribution in [3.63, 3.8) is 0 Å². The molecule has 0 radical (unpaired) electrons. The van der Waals surface area contributed by atoms with Gasteiger partial charge in [0.2, 0.25) is 0 Å². The van der Waals surface area contributed by atoms with Crippen LogP contribution in [-0.4, -0.2) is 24.5 Å². The molecule has 1 fully saturated rings. The van der Waals surface area contributed by atoms with Crippen LogP contribution in [-0.2, 0) is 0 Å². The van der Waals surface area contributed by atoms with E-state index in [0.717, 1.165) is 0 Å². The minimum Gasteiger partial charge on any atom is -0.303 e. The molecule has 0 unspecified atom stereocenters. The topological polar surface area (TPSA) is 3.24 Å². The molecule has 13 heavy (non-hydrogen) atoms. The van der Waals surface area contributed by atoms with Crippen molar-refractivity contribution in [1.82, 2.24) is 4.90 Å². The van der Waals surface area contributed by atoms with Crippen LogP contribution in [0.25, 0.3) is 0 Å². The first-order chi connectivity index (χ1) is 6.08. The highest BCUT2D eigenvalue weighted by Crippen LogP contribution is 2.22. The average Bonchev–Trinajstić information content (AvgIpc) is 1.90. The number of hydrogen-bond acceptors (Lipinski definition) is 1. The molecule has 0 aromatic rings. The lowest BCUT2D eigenvalue weighted by Gasteiger charge is -2.30. The molecule has 1 aliphatic rings. The lowest BCUT2D eigenvalue weighted by Crippen LogP contribution is -2.37. The Bertz CT molecular complexity index is 131. The molecule has 1 heterocycles. The van der Waals surface area contributed by atoms with E-state index in [-0.39, 0.29) is 0 Å². The van der Waals surface area contributed by atoms with Crippen LogP contribution in [0.1, 0.15) is 52.9 Å². The Morgan fingerprint density at radius 2 is 1.69 bits per heavy atom. The molecule has 0 aromatic heterocycles. The summed E-state index contributed by atoms with van der Waals surface area (Å²) in [6.45, 7) is 11.1. The van der Waals surface area contributed by atoms with Crippen molar-refractivity contribution in [2.75, 3.05) is 19.6 Å². The molecule has 0 amide bonds. The predicted octanol–water partition coefficient (Wildman–Crippen LogP) is 3.30. The molecule has 0 N–H and O–H groups in total. The summed E-state index contributed by atoms with van der Waals surface area (Å²) < 4.78 is 0. The molecule has 0 bridgehead atoms. The van der Waals surface area contributed by atoms with Crippen LogP contribution in [0.2, 0.25) is 0 Å². The largest absolute Gasteiger partial charge is 0.303 e. The molecule has 0 aromatic carbocycles. The highest BCUT2D eigenvalue weighted by atomic mass is 15.2. The molecule has 0 atom stereocenters. The van der Waals surface area contributed by atoms with Crippen molar-refractivity contribution in [2.24, 2.45) is 5.41 Å². The van der Waals surface area contributed by atoms with E-state index in [1.165, 1.54) is 51.7 Å². The van der Waals surface area contributed by atoms with Gasteiger partial charge in [0.05, 0.1) is 0 Å². The highest BCUT2D eigenvalue weighted by molar-refractivity contribution is 4.68. The summed E-state index contributed by atoms with van der Waals surface area (Å²) in [4.78, 5) is 2.57. The molecular weight excluding hydrogens is 158 g/mol. The zero-order valence-corrected chi connectivity index (χ0v) is 9.60. The Hall–Kier alpha value is -0.0400. The number of unbranched alkanes of at least 4 members (excludes halogenated alkanes) is 2. The van der Waals surface area contributed by atoms with E-state index in [1.807, 2.05) is 0 Å². The fourth-order valence-electron chi connectivity index (χ4n) is 1.77. The van der Waals surface area contributed by atoms with E-state index < -0.39 is 0 Å². The third-order valence-electron chi connectivity index (χ3n) is 2.85. The van der Waals surface area contributed by atoms with Gasteiger partial charge in [0.1, 0.15) is 0 Å². The maximum atomic E-state index is 2.57. The fourth-order valence-corrected chi connectivity index (χ4v) is 1.77. The molecule has 1 heteroatoms. The van der Waals surface area contributed by atoms with Gasteiger partial charge in [-0.05, 0) is 44.3 Å². The summed E-state index contributed by atoms with van der Waals surface area (Å²) in [6, 6.07) is 0. The second-order valence-corrected chi connectivity index (χ2v) is 5.57. The highest BCUT2D eigenvalue weighted by Gasteiger charge is 2.13. The van der Waals surface area contributed by atoms with Crippen molar-refractivity contribution in [3.05, 3.63) is 0 Å². The van der Waals surface area contributed by atoms with Gasteiger partial charge >= 0.3 is 0 Å². The van der Waals surface area contributed by atoms with Crippen LogP contribution in [0.15, 0.2) is 0 Å². The monoisotopic (exact) mass is 183 g/mol. The van der Waals surface area contributed by atoms with Crippen molar-refractivity contribution < 1.29 is 0 Å². The smallest absolute Gasteiger partial charge is 0.000654 e. The summed E-state index contributed by atoms with van der Waals surface area (Å²) >= 11 is 0. The summed E-state index contributed by atoms with van der Waals surface area (Å²) in [5.74, 6) is 0. The van der Waals surface area contributed by atoms with E-state index in [0.29, 0.717) is 5.41 Å². The molecule has 1 saturated heterocycles. The number of nitrogens with zero attached hydrogens (tertiary/aromatic N) is 1. The van der Waals surface area contributed by atoms with Gasteiger partial charge < -0.3 is 4.90 Å². The SMILES string of the molecule is CC(C)(C)CCCCCN1CCC1. The van der Waals surface area contributed by atoms with Crippen LogP contribution in [0.3, 0.4) is 0 Å². The van der Waals surface area contributed by atoms with Gasteiger partial charge in [0, 0.05) is 0 Å². The van der Waals surface area contributed by atoms with Gasteiger partial charge in [-0.3, -0.25) is 0 Å². The van der Waals surface area contributed by atoms with E-state index in [4.69, 9.17) is 0 Å². The molecule has 1 aliphatic heterocycles. The molecular formula is C12H25N. The lowest BCUT2D eigenvalue weighted by atomic mass is 9.89. The summed E-state index contributed by atoms with van der Waals surface area (Å²) in [5.41, 5.74) is 0.538. The maximum Gasteiger partial charge on any atom is -0.000654 e. The zero-order valence-electron chi connectivity index (χ0n) is 9.60.